The number of aromatic nitrogens is 1. The van der Waals surface area contributed by atoms with Crippen molar-refractivity contribution in [2.75, 3.05) is 0 Å². The fourth-order valence-corrected chi connectivity index (χ4v) is 3.22. The first-order valence-corrected chi connectivity index (χ1v) is 13.4. The van der Waals surface area contributed by atoms with Crippen LogP contribution in [0.25, 0.3) is 0 Å². The Hall–Kier alpha value is -4.07. The summed E-state index contributed by atoms with van der Waals surface area (Å²) in [6, 6.07) is 1.80. The maximum Gasteiger partial charge on any atom is 0.336 e. The van der Waals surface area contributed by atoms with Gasteiger partial charge in [0.15, 0.2) is 0 Å². The predicted octanol–water partition coefficient (Wildman–Crippen LogP) is 6.04. The van der Waals surface area contributed by atoms with Gasteiger partial charge in [0.2, 0.25) is 0 Å². The number of nitrogens with one attached hydrogen (secondary N) is 1. The van der Waals surface area contributed by atoms with Crippen molar-refractivity contribution in [2.45, 2.75) is 77.2 Å². The number of carbonyl (C=O) groups excluding carboxylic acids is 3. The van der Waals surface area contributed by atoms with Gasteiger partial charge >= 0.3 is 17.9 Å². The number of rotatable bonds is 19. The number of carbonyl (C=O) groups is 4. The van der Waals surface area contributed by atoms with Crippen LogP contribution in [0.1, 0.15) is 81.5 Å². The Morgan fingerprint density at radius 2 is 1.49 bits per heavy atom. The van der Waals surface area contributed by atoms with Crippen LogP contribution in [0, 0.1) is 0 Å². The maximum atomic E-state index is 12.4. The van der Waals surface area contributed by atoms with Crippen LogP contribution in [0.5, 0.6) is 0 Å². The van der Waals surface area contributed by atoms with Crippen LogP contribution in [0.2, 0.25) is 0 Å². The molecule has 1 unspecified atom stereocenters. The van der Waals surface area contributed by atoms with Crippen LogP contribution in [0.3, 0.4) is 0 Å². The average molecular weight is 537 g/mol. The Labute approximate surface area is 231 Å². The van der Waals surface area contributed by atoms with E-state index in [1.807, 2.05) is 12.2 Å². The molecule has 0 aliphatic heterocycles. The van der Waals surface area contributed by atoms with E-state index in [1.54, 1.807) is 6.07 Å². The highest BCUT2D eigenvalue weighted by Crippen LogP contribution is 2.07. The topological polar surface area (TPSA) is 123 Å². The normalized spacial score (nSPS) is 12.6. The lowest BCUT2D eigenvalue weighted by Gasteiger charge is -2.16. The number of hydrogen-bond donors (Lipinski definition) is 2. The zero-order valence-corrected chi connectivity index (χ0v) is 22.7. The lowest BCUT2D eigenvalue weighted by atomic mass is 10.1. The second-order valence-electron chi connectivity index (χ2n) is 8.59. The summed E-state index contributed by atoms with van der Waals surface area (Å²) in [5, 5.41) is 11.4. The molecule has 8 nitrogen and oxygen atoms in total. The van der Waals surface area contributed by atoms with Crippen molar-refractivity contribution in [3.63, 3.8) is 0 Å². The molecule has 1 atom stereocenters. The first-order valence-electron chi connectivity index (χ1n) is 13.4. The van der Waals surface area contributed by atoms with Crippen molar-refractivity contribution >= 4 is 23.8 Å². The van der Waals surface area contributed by atoms with E-state index in [9.17, 15) is 19.2 Å². The Morgan fingerprint density at radius 3 is 2.03 bits per heavy atom. The van der Waals surface area contributed by atoms with Gasteiger partial charge in [-0.25, -0.2) is 4.79 Å². The van der Waals surface area contributed by atoms with Crippen molar-refractivity contribution in [2.24, 2.45) is 0 Å². The molecule has 1 amide bonds. The molecule has 0 saturated carbocycles. The molecule has 210 valence electrons. The monoisotopic (exact) mass is 536 g/mol. The van der Waals surface area contributed by atoms with E-state index < -0.39 is 29.9 Å². The predicted molar refractivity (Wildman–Crippen MR) is 152 cm³/mol. The van der Waals surface area contributed by atoms with Gasteiger partial charge in [-0.15, -0.1) is 0 Å². The van der Waals surface area contributed by atoms with Gasteiger partial charge in [-0.2, -0.15) is 0 Å². The summed E-state index contributed by atoms with van der Waals surface area (Å²) in [5.41, 5.74) is 0.203. The molecule has 0 aliphatic rings. The first-order chi connectivity index (χ1) is 18.9. The quantitative estimate of drug-likeness (QED) is 0.0957. The third-order valence-corrected chi connectivity index (χ3v) is 5.28. The number of ether oxygens (including phenoxy) is 1. The number of carboxylic acid groups (broad SMARTS) is 1. The number of pyridine rings is 1. The van der Waals surface area contributed by atoms with Gasteiger partial charge in [-0.3, -0.25) is 19.4 Å². The Bertz CT molecular complexity index is 1020. The lowest BCUT2D eigenvalue weighted by Crippen LogP contribution is -2.42. The molecule has 1 heterocycles. The largest absolute Gasteiger partial charge is 0.481 e. The van der Waals surface area contributed by atoms with Crippen LogP contribution >= 0.6 is 0 Å². The van der Waals surface area contributed by atoms with Crippen LogP contribution in [-0.2, 0) is 19.1 Å². The number of amides is 1. The van der Waals surface area contributed by atoms with E-state index in [2.05, 4.69) is 65.8 Å². The molecule has 1 rings (SSSR count). The van der Waals surface area contributed by atoms with Gasteiger partial charge in [0, 0.05) is 25.2 Å². The van der Waals surface area contributed by atoms with E-state index in [-0.39, 0.29) is 24.8 Å². The van der Waals surface area contributed by atoms with E-state index in [4.69, 9.17) is 9.84 Å². The van der Waals surface area contributed by atoms with E-state index in [1.165, 1.54) is 18.5 Å². The number of allylic oxidation sites excluding steroid dienone is 10. The van der Waals surface area contributed by atoms with Gasteiger partial charge in [-0.1, -0.05) is 67.7 Å². The van der Waals surface area contributed by atoms with E-state index in [0.717, 1.165) is 32.1 Å². The average Bonchev–Trinajstić information content (AvgIpc) is 2.92. The highest BCUT2D eigenvalue weighted by molar-refractivity contribution is 5.98. The van der Waals surface area contributed by atoms with Gasteiger partial charge in [0.05, 0.1) is 5.56 Å². The minimum absolute atomic E-state index is 0.0300. The van der Waals surface area contributed by atoms with Gasteiger partial charge in [-0.05, 0) is 63.5 Å². The summed E-state index contributed by atoms with van der Waals surface area (Å²) in [5.74, 6) is -3.44. The van der Waals surface area contributed by atoms with E-state index in [0.29, 0.717) is 12.8 Å². The Kier molecular flexibility index (Phi) is 18.6. The number of esters is 2. The summed E-state index contributed by atoms with van der Waals surface area (Å²) in [6.07, 6.45) is 29.2. The molecular weight excluding hydrogens is 496 g/mol. The van der Waals surface area contributed by atoms with Gasteiger partial charge in [0.1, 0.15) is 6.04 Å². The zero-order chi connectivity index (χ0) is 28.6. The van der Waals surface area contributed by atoms with Crippen molar-refractivity contribution in [1.82, 2.24) is 10.3 Å². The molecule has 0 fully saturated rings. The summed E-state index contributed by atoms with van der Waals surface area (Å²) < 4.78 is 4.86. The molecule has 0 radical (unpaired) electrons. The molecule has 0 aliphatic carbocycles. The van der Waals surface area contributed by atoms with Crippen LogP contribution < -0.4 is 5.32 Å². The smallest absolute Gasteiger partial charge is 0.336 e. The highest BCUT2D eigenvalue weighted by atomic mass is 16.6. The summed E-state index contributed by atoms with van der Waals surface area (Å²) >= 11 is 0. The molecule has 0 saturated heterocycles. The van der Waals surface area contributed by atoms with Crippen molar-refractivity contribution in [1.29, 1.82) is 0 Å². The van der Waals surface area contributed by atoms with Gasteiger partial charge in [0.25, 0.3) is 5.91 Å². The maximum absolute atomic E-state index is 12.4. The molecule has 1 aromatic heterocycles. The number of nitrogens with zero attached hydrogens (tertiary/aromatic N) is 1. The highest BCUT2D eigenvalue weighted by Gasteiger charge is 2.25. The minimum atomic E-state index is -1.26. The minimum Gasteiger partial charge on any atom is -0.481 e. The van der Waals surface area contributed by atoms with Crippen molar-refractivity contribution < 1.29 is 29.0 Å². The third kappa shape index (κ3) is 17.9. The Balaban J connectivity index is 2.28. The van der Waals surface area contributed by atoms with Crippen LogP contribution in [-0.4, -0.2) is 39.9 Å². The van der Waals surface area contributed by atoms with Gasteiger partial charge < -0.3 is 15.2 Å². The second kappa shape index (κ2) is 22.0. The molecule has 0 bridgehead atoms. The summed E-state index contributed by atoms with van der Waals surface area (Å²) in [7, 11) is 0. The number of unbranched alkanes of at least 4 members (excludes halogenated alkanes) is 1. The summed E-state index contributed by atoms with van der Waals surface area (Å²) in [6.45, 7) is 2.12. The zero-order valence-electron chi connectivity index (χ0n) is 22.7. The SMILES string of the molecule is CC/C=C\C/C=C\C/C=C\C/C=C\C/C=C\CCCC(=O)OC(=O)C(CCC(=O)O)NC(=O)c1cccnc1. The lowest BCUT2D eigenvalue weighted by molar-refractivity contribution is -0.161. The molecule has 8 heteroatoms. The number of hydrogen-bond acceptors (Lipinski definition) is 6. The first kappa shape index (κ1) is 33.0. The Morgan fingerprint density at radius 1 is 0.897 bits per heavy atom. The molecule has 39 heavy (non-hydrogen) atoms. The summed E-state index contributed by atoms with van der Waals surface area (Å²) in [4.78, 5) is 51.6. The van der Waals surface area contributed by atoms with Crippen molar-refractivity contribution in [3.8, 4) is 0 Å². The van der Waals surface area contributed by atoms with Crippen LogP contribution in [0.4, 0.5) is 0 Å². The third-order valence-electron chi connectivity index (χ3n) is 5.28. The standard InChI is InChI=1S/C31H40N2O6/c1-2-3-4-5-6-7-8-9-10-11-12-13-14-15-16-17-18-21-29(36)39-31(38)27(22-23-28(34)35)33-30(37)26-20-19-24-32-25-26/h3-4,6-7,9-10,12-13,15-16,19-20,24-25,27H,2,5,8,11,14,17-18,21-23H2,1H3,(H,33,37)(H,34,35)/b4-3-,7-6-,10-9-,13-12-,16-15-. The molecule has 2 N–H and O–H groups in total. The van der Waals surface area contributed by atoms with E-state index >= 15 is 0 Å². The van der Waals surface area contributed by atoms with Crippen molar-refractivity contribution in [3.05, 3.63) is 90.9 Å². The second-order valence-corrected chi connectivity index (χ2v) is 8.59. The fraction of sp³-hybridized carbons (Fsp3) is 0.387. The molecule has 1 aromatic rings. The molecular formula is C31H40N2O6. The number of carboxylic acids is 1. The molecule has 0 spiro atoms. The van der Waals surface area contributed by atoms with Crippen LogP contribution in [0.15, 0.2) is 85.3 Å². The fourth-order valence-electron chi connectivity index (χ4n) is 3.22. The number of aliphatic carboxylic acids is 1. The molecule has 0 aromatic carbocycles.